The lowest BCUT2D eigenvalue weighted by Gasteiger charge is -2.43. The van der Waals surface area contributed by atoms with Crippen molar-refractivity contribution in [2.24, 2.45) is 0 Å². The van der Waals surface area contributed by atoms with Crippen LogP contribution < -0.4 is 10.4 Å². The SMILES string of the molecule is CC(C)(C)[Si](OCCCCCC/C=C\CCCCO)(c1ccccc1)c1ccccc1. The molecule has 0 saturated carbocycles. The summed E-state index contributed by atoms with van der Waals surface area (Å²) in [5.41, 5.74) is 0. The zero-order chi connectivity index (χ0) is 22.4. The molecular weight excluding hydrogens is 396 g/mol. The van der Waals surface area contributed by atoms with Crippen LogP contribution in [0.2, 0.25) is 5.04 Å². The van der Waals surface area contributed by atoms with Crippen molar-refractivity contribution in [1.82, 2.24) is 0 Å². The van der Waals surface area contributed by atoms with E-state index in [1.807, 2.05) is 0 Å². The van der Waals surface area contributed by atoms with Crippen molar-refractivity contribution in [2.75, 3.05) is 13.2 Å². The van der Waals surface area contributed by atoms with Crippen molar-refractivity contribution < 1.29 is 9.53 Å². The monoisotopic (exact) mass is 438 g/mol. The van der Waals surface area contributed by atoms with Gasteiger partial charge in [0, 0.05) is 13.2 Å². The molecule has 0 aliphatic carbocycles. The summed E-state index contributed by atoms with van der Waals surface area (Å²) in [6.07, 6.45) is 13.7. The molecule has 2 aromatic carbocycles. The van der Waals surface area contributed by atoms with E-state index in [0.29, 0.717) is 6.61 Å². The van der Waals surface area contributed by atoms with E-state index in [4.69, 9.17) is 9.53 Å². The number of allylic oxidation sites excluding steroid dienone is 2. The summed E-state index contributed by atoms with van der Waals surface area (Å²) in [6, 6.07) is 21.8. The lowest BCUT2D eigenvalue weighted by atomic mass is 10.1. The third kappa shape index (κ3) is 7.75. The van der Waals surface area contributed by atoms with E-state index in [0.717, 1.165) is 38.7 Å². The van der Waals surface area contributed by atoms with Gasteiger partial charge in [-0.05, 0) is 53.9 Å². The van der Waals surface area contributed by atoms with Crippen molar-refractivity contribution in [2.45, 2.75) is 77.2 Å². The first-order valence-corrected chi connectivity index (χ1v) is 13.9. The van der Waals surface area contributed by atoms with E-state index in [1.54, 1.807) is 0 Å². The molecule has 0 aromatic heterocycles. The molecule has 0 amide bonds. The summed E-state index contributed by atoms with van der Waals surface area (Å²) in [6.45, 7) is 8.15. The van der Waals surface area contributed by atoms with Gasteiger partial charge in [0.2, 0.25) is 0 Å². The second-order valence-electron chi connectivity index (χ2n) is 9.41. The summed E-state index contributed by atoms with van der Waals surface area (Å²) in [7, 11) is -2.38. The second-order valence-corrected chi connectivity index (χ2v) is 13.7. The third-order valence-corrected chi connectivity index (χ3v) is 11.0. The maximum Gasteiger partial charge on any atom is 0.261 e. The number of aliphatic hydroxyl groups excluding tert-OH is 1. The van der Waals surface area contributed by atoms with E-state index in [-0.39, 0.29) is 5.04 Å². The average Bonchev–Trinajstić information content (AvgIpc) is 2.77. The highest BCUT2D eigenvalue weighted by molar-refractivity contribution is 6.99. The van der Waals surface area contributed by atoms with Gasteiger partial charge in [-0.2, -0.15) is 0 Å². The molecule has 0 bridgehead atoms. The van der Waals surface area contributed by atoms with Crippen molar-refractivity contribution >= 4 is 18.7 Å². The largest absolute Gasteiger partial charge is 0.407 e. The van der Waals surface area contributed by atoms with Gasteiger partial charge in [0.25, 0.3) is 8.32 Å². The van der Waals surface area contributed by atoms with Gasteiger partial charge in [-0.3, -0.25) is 0 Å². The zero-order valence-corrected chi connectivity index (χ0v) is 20.9. The predicted octanol–water partition coefficient (Wildman–Crippen LogP) is 6.23. The Morgan fingerprint density at radius 3 is 1.68 bits per heavy atom. The van der Waals surface area contributed by atoms with Crippen LogP contribution in [0.1, 0.15) is 72.1 Å². The van der Waals surface area contributed by atoms with Crippen molar-refractivity contribution in [3.05, 3.63) is 72.8 Å². The number of unbranched alkanes of at least 4 members (excludes halogenated alkanes) is 6. The van der Waals surface area contributed by atoms with Gasteiger partial charge in [0.15, 0.2) is 0 Å². The maximum atomic E-state index is 8.80. The molecule has 3 heteroatoms. The number of aliphatic hydroxyl groups is 1. The van der Waals surface area contributed by atoms with Gasteiger partial charge < -0.3 is 9.53 Å². The molecule has 2 rings (SSSR count). The Balaban J connectivity index is 1.92. The van der Waals surface area contributed by atoms with Crippen LogP contribution in [0.4, 0.5) is 0 Å². The summed E-state index contributed by atoms with van der Waals surface area (Å²) in [5.74, 6) is 0. The fraction of sp³-hybridized carbons (Fsp3) is 0.500. The van der Waals surface area contributed by atoms with Crippen molar-refractivity contribution in [3.63, 3.8) is 0 Å². The first-order valence-electron chi connectivity index (χ1n) is 12.0. The minimum absolute atomic E-state index is 0.0521. The molecule has 170 valence electrons. The molecule has 0 heterocycles. The molecule has 31 heavy (non-hydrogen) atoms. The number of hydrogen-bond donors (Lipinski definition) is 1. The topological polar surface area (TPSA) is 29.5 Å². The van der Waals surface area contributed by atoms with Crippen molar-refractivity contribution in [3.8, 4) is 0 Å². The maximum absolute atomic E-state index is 8.80. The second kappa shape index (κ2) is 13.7. The van der Waals surface area contributed by atoms with Gasteiger partial charge >= 0.3 is 0 Å². The average molecular weight is 439 g/mol. The van der Waals surface area contributed by atoms with Crippen LogP contribution in [0.25, 0.3) is 0 Å². The molecule has 0 unspecified atom stereocenters. The zero-order valence-electron chi connectivity index (χ0n) is 19.9. The molecule has 2 nitrogen and oxygen atoms in total. The molecular formula is C28H42O2Si. The van der Waals surface area contributed by atoms with Gasteiger partial charge in [0.1, 0.15) is 0 Å². The highest BCUT2D eigenvalue weighted by Gasteiger charge is 2.49. The van der Waals surface area contributed by atoms with Crippen LogP contribution in [0, 0.1) is 0 Å². The lowest BCUT2D eigenvalue weighted by Crippen LogP contribution is -2.66. The van der Waals surface area contributed by atoms with Gasteiger partial charge in [-0.25, -0.2) is 0 Å². The number of benzene rings is 2. The molecule has 2 aromatic rings. The van der Waals surface area contributed by atoms with E-state index in [2.05, 4.69) is 93.6 Å². The molecule has 0 aliphatic rings. The lowest BCUT2D eigenvalue weighted by molar-refractivity contribution is 0.285. The highest BCUT2D eigenvalue weighted by Crippen LogP contribution is 2.36. The van der Waals surface area contributed by atoms with Crippen LogP contribution in [0.3, 0.4) is 0 Å². The fourth-order valence-corrected chi connectivity index (χ4v) is 8.92. The van der Waals surface area contributed by atoms with Crippen molar-refractivity contribution in [1.29, 1.82) is 0 Å². The van der Waals surface area contributed by atoms with E-state index in [1.165, 1.54) is 29.6 Å². The normalized spacial score (nSPS) is 12.5. The molecule has 0 radical (unpaired) electrons. The van der Waals surface area contributed by atoms with Gasteiger partial charge in [-0.1, -0.05) is 106 Å². The quantitative estimate of drug-likeness (QED) is 0.215. The third-order valence-electron chi connectivity index (χ3n) is 5.95. The summed E-state index contributed by atoms with van der Waals surface area (Å²) in [5, 5.41) is 11.6. The Hall–Kier alpha value is -1.68. The Labute approximate surface area is 191 Å². The van der Waals surface area contributed by atoms with E-state index >= 15 is 0 Å². The van der Waals surface area contributed by atoms with Crippen LogP contribution in [-0.4, -0.2) is 26.6 Å². The van der Waals surface area contributed by atoms with E-state index < -0.39 is 8.32 Å². The minimum Gasteiger partial charge on any atom is -0.407 e. The standard InChI is InChI=1S/C28H42O2Si/c1-28(2,3)31(26-20-14-12-15-21-26,27-22-16-13-17-23-27)30-25-19-11-9-7-5-4-6-8-10-18-24-29/h4,6,12-17,20-23,29H,5,7-11,18-19,24-25H2,1-3H3/b6-4-. The summed E-state index contributed by atoms with van der Waals surface area (Å²) >= 11 is 0. The number of rotatable bonds is 14. The molecule has 0 aliphatic heterocycles. The fourth-order valence-electron chi connectivity index (χ4n) is 4.31. The molecule has 0 spiro atoms. The first kappa shape index (κ1) is 25.6. The Kier molecular flexibility index (Phi) is 11.3. The molecule has 0 atom stereocenters. The van der Waals surface area contributed by atoms with Crippen LogP contribution >= 0.6 is 0 Å². The molecule has 1 N–H and O–H groups in total. The van der Waals surface area contributed by atoms with E-state index in [9.17, 15) is 0 Å². The smallest absolute Gasteiger partial charge is 0.261 e. The van der Waals surface area contributed by atoms with Gasteiger partial charge in [-0.15, -0.1) is 0 Å². The Morgan fingerprint density at radius 2 is 1.19 bits per heavy atom. The minimum atomic E-state index is -2.38. The number of hydrogen-bond acceptors (Lipinski definition) is 2. The summed E-state index contributed by atoms with van der Waals surface area (Å²) in [4.78, 5) is 0. The van der Waals surface area contributed by atoms with Gasteiger partial charge in [0.05, 0.1) is 0 Å². The molecule has 0 saturated heterocycles. The molecule has 0 fully saturated rings. The van der Waals surface area contributed by atoms with Crippen LogP contribution in [-0.2, 0) is 4.43 Å². The van der Waals surface area contributed by atoms with Crippen LogP contribution in [0.5, 0.6) is 0 Å². The summed E-state index contributed by atoms with van der Waals surface area (Å²) < 4.78 is 6.95. The Bertz CT molecular complexity index is 695. The Morgan fingerprint density at radius 1 is 0.710 bits per heavy atom. The first-order chi connectivity index (χ1) is 15.0. The predicted molar refractivity (Wildman–Crippen MR) is 137 cm³/mol. The van der Waals surface area contributed by atoms with Crippen LogP contribution in [0.15, 0.2) is 72.8 Å². The highest BCUT2D eigenvalue weighted by atomic mass is 28.4.